The zero-order valence-electron chi connectivity index (χ0n) is 10.4. The van der Waals surface area contributed by atoms with E-state index in [1.54, 1.807) is 13.8 Å². The van der Waals surface area contributed by atoms with Gasteiger partial charge in [-0.15, -0.1) is 6.42 Å². The quantitative estimate of drug-likeness (QED) is 0.797. The molecule has 0 radical (unpaired) electrons. The molecular formula is C12H13FN2O3S. The van der Waals surface area contributed by atoms with Crippen molar-refractivity contribution in [3.63, 3.8) is 0 Å². The number of sulfonamides is 1. The number of halogens is 1. The topological polar surface area (TPSA) is 89.3 Å². The van der Waals surface area contributed by atoms with Gasteiger partial charge in [0.2, 0.25) is 10.0 Å². The van der Waals surface area contributed by atoms with E-state index < -0.39 is 32.2 Å². The molecule has 0 unspecified atom stereocenters. The summed E-state index contributed by atoms with van der Waals surface area (Å²) in [7, 11) is -4.09. The maximum absolute atomic E-state index is 13.3. The third-order valence-electron chi connectivity index (χ3n) is 2.25. The molecule has 0 saturated heterocycles. The van der Waals surface area contributed by atoms with Crippen LogP contribution in [-0.4, -0.2) is 19.9 Å². The molecule has 0 aliphatic heterocycles. The van der Waals surface area contributed by atoms with Crippen LogP contribution in [0.2, 0.25) is 0 Å². The van der Waals surface area contributed by atoms with E-state index in [2.05, 4.69) is 11.2 Å². The standard InChI is InChI=1S/C12H13FN2O3S/c1-4-12(2,3)15-11(16)8-5-9(13)7-10(6-8)19(14,17)18/h1,5-7H,2-3H3,(H,15,16)(H2,14,17,18). The van der Waals surface area contributed by atoms with E-state index in [4.69, 9.17) is 11.6 Å². The van der Waals surface area contributed by atoms with Crippen molar-refractivity contribution < 1.29 is 17.6 Å². The SMILES string of the molecule is C#CC(C)(C)NC(=O)c1cc(F)cc(S(N)(=O)=O)c1. The highest BCUT2D eigenvalue weighted by molar-refractivity contribution is 7.89. The highest BCUT2D eigenvalue weighted by atomic mass is 32.2. The van der Waals surface area contributed by atoms with Crippen LogP contribution in [-0.2, 0) is 10.0 Å². The van der Waals surface area contributed by atoms with Crippen molar-refractivity contribution in [3.8, 4) is 12.3 Å². The third-order valence-corrected chi connectivity index (χ3v) is 3.14. The van der Waals surface area contributed by atoms with Crippen LogP contribution in [0.15, 0.2) is 23.1 Å². The van der Waals surface area contributed by atoms with Crippen molar-refractivity contribution in [3.05, 3.63) is 29.6 Å². The molecular weight excluding hydrogens is 271 g/mol. The number of benzene rings is 1. The number of amides is 1. The first-order valence-electron chi connectivity index (χ1n) is 5.19. The van der Waals surface area contributed by atoms with Gasteiger partial charge in [-0.2, -0.15) is 0 Å². The Labute approximate surface area is 111 Å². The fraction of sp³-hybridized carbons (Fsp3) is 0.250. The lowest BCUT2D eigenvalue weighted by Crippen LogP contribution is -2.42. The van der Waals surface area contributed by atoms with Crippen LogP contribution in [0.3, 0.4) is 0 Å². The Bertz CT molecular complexity index is 660. The lowest BCUT2D eigenvalue weighted by Gasteiger charge is -2.19. The summed E-state index contributed by atoms with van der Waals surface area (Å²) in [5.74, 6) is 0.766. The molecule has 1 rings (SSSR count). The summed E-state index contributed by atoms with van der Waals surface area (Å²) in [6.45, 7) is 3.15. The van der Waals surface area contributed by atoms with Gasteiger partial charge in [-0.1, -0.05) is 5.92 Å². The van der Waals surface area contributed by atoms with E-state index in [1.165, 1.54) is 0 Å². The molecule has 3 N–H and O–H groups in total. The zero-order chi connectivity index (χ0) is 14.8. The largest absolute Gasteiger partial charge is 0.336 e. The highest BCUT2D eigenvalue weighted by Crippen LogP contribution is 2.14. The lowest BCUT2D eigenvalue weighted by molar-refractivity contribution is 0.0929. The van der Waals surface area contributed by atoms with Gasteiger partial charge >= 0.3 is 0 Å². The van der Waals surface area contributed by atoms with E-state index in [0.29, 0.717) is 0 Å². The fourth-order valence-corrected chi connectivity index (χ4v) is 1.82. The summed E-state index contributed by atoms with van der Waals surface area (Å²) in [5.41, 5.74) is -1.11. The first kappa shape index (κ1) is 15.1. The minimum absolute atomic E-state index is 0.174. The van der Waals surface area contributed by atoms with Crippen LogP contribution in [0.25, 0.3) is 0 Å². The van der Waals surface area contributed by atoms with Crippen molar-refractivity contribution >= 4 is 15.9 Å². The van der Waals surface area contributed by atoms with Gasteiger partial charge in [0.25, 0.3) is 5.91 Å². The third kappa shape index (κ3) is 4.05. The Morgan fingerprint density at radius 1 is 1.42 bits per heavy atom. The van der Waals surface area contributed by atoms with Crippen molar-refractivity contribution in [2.45, 2.75) is 24.3 Å². The molecule has 0 spiro atoms. The molecule has 5 nitrogen and oxygen atoms in total. The Morgan fingerprint density at radius 3 is 2.47 bits per heavy atom. The minimum Gasteiger partial charge on any atom is -0.336 e. The molecule has 19 heavy (non-hydrogen) atoms. The molecule has 1 aromatic rings. The van der Waals surface area contributed by atoms with E-state index in [1.807, 2.05) is 0 Å². The van der Waals surface area contributed by atoms with Crippen LogP contribution in [0.5, 0.6) is 0 Å². The molecule has 0 heterocycles. The van der Waals surface area contributed by atoms with Crippen LogP contribution < -0.4 is 10.5 Å². The van der Waals surface area contributed by atoms with Gasteiger partial charge in [0.1, 0.15) is 5.82 Å². The summed E-state index contributed by atoms with van der Waals surface area (Å²) in [4.78, 5) is 11.4. The number of terminal acetylenes is 1. The Hall–Kier alpha value is -1.91. The second kappa shape index (κ2) is 4.99. The highest BCUT2D eigenvalue weighted by Gasteiger charge is 2.20. The number of carbonyl (C=O) groups is 1. The molecule has 7 heteroatoms. The molecule has 0 atom stereocenters. The Balaban J connectivity index is 3.20. The van der Waals surface area contributed by atoms with E-state index in [-0.39, 0.29) is 5.56 Å². The predicted octanol–water partition coefficient (Wildman–Crippen LogP) is 0.615. The molecule has 1 aromatic carbocycles. The normalized spacial score (nSPS) is 11.7. The summed E-state index contributed by atoms with van der Waals surface area (Å²) < 4.78 is 35.6. The molecule has 0 aliphatic carbocycles. The van der Waals surface area contributed by atoms with Crippen molar-refractivity contribution in [2.75, 3.05) is 0 Å². The average Bonchev–Trinajstić information content (AvgIpc) is 2.26. The summed E-state index contributed by atoms with van der Waals surface area (Å²) in [6, 6.07) is 2.62. The van der Waals surface area contributed by atoms with Crippen molar-refractivity contribution in [2.24, 2.45) is 5.14 Å². The van der Waals surface area contributed by atoms with Crippen molar-refractivity contribution in [1.82, 2.24) is 5.32 Å². The maximum Gasteiger partial charge on any atom is 0.252 e. The van der Waals surface area contributed by atoms with Gasteiger partial charge in [0.05, 0.1) is 10.4 Å². The second-order valence-electron chi connectivity index (χ2n) is 4.44. The number of carbonyl (C=O) groups excluding carboxylic acids is 1. The Morgan fingerprint density at radius 2 is 2.00 bits per heavy atom. The fourth-order valence-electron chi connectivity index (χ4n) is 1.25. The monoisotopic (exact) mass is 284 g/mol. The van der Waals surface area contributed by atoms with Crippen LogP contribution >= 0.6 is 0 Å². The van der Waals surface area contributed by atoms with Gasteiger partial charge in [0.15, 0.2) is 0 Å². The zero-order valence-corrected chi connectivity index (χ0v) is 11.2. The molecule has 0 saturated carbocycles. The van der Waals surface area contributed by atoms with Gasteiger partial charge in [-0.25, -0.2) is 17.9 Å². The number of rotatable bonds is 3. The summed E-state index contributed by atoms with van der Waals surface area (Å²) in [6.07, 6.45) is 5.21. The molecule has 0 aliphatic rings. The number of hydrogen-bond acceptors (Lipinski definition) is 3. The molecule has 0 aromatic heterocycles. The Kier molecular flexibility index (Phi) is 3.98. The summed E-state index contributed by atoms with van der Waals surface area (Å²) >= 11 is 0. The molecule has 0 bridgehead atoms. The minimum atomic E-state index is -4.09. The smallest absolute Gasteiger partial charge is 0.252 e. The second-order valence-corrected chi connectivity index (χ2v) is 6.01. The lowest BCUT2D eigenvalue weighted by atomic mass is 10.1. The summed E-state index contributed by atoms with van der Waals surface area (Å²) in [5, 5.41) is 7.34. The maximum atomic E-state index is 13.3. The molecule has 102 valence electrons. The van der Waals surface area contributed by atoms with Gasteiger partial charge in [-0.05, 0) is 32.0 Å². The predicted molar refractivity (Wildman–Crippen MR) is 68.2 cm³/mol. The first-order valence-corrected chi connectivity index (χ1v) is 6.73. The van der Waals surface area contributed by atoms with Gasteiger partial charge in [0, 0.05) is 5.56 Å². The molecule has 1 amide bonds. The van der Waals surface area contributed by atoms with E-state index in [9.17, 15) is 17.6 Å². The van der Waals surface area contributed by atoms with Crippen LogP contribution in [0.4, 0.5) is 4.39 Å². The average molecular weight is 284 g/mol. The first-order chi connectivity index (χ1) is 8.55. The number of hydrogen-bond donors (Lipinski definition) is 2. The van der Waals surface area contributed by atoms with E-state index in [0.717, 1.165) is 18.2 Å². The number of primary sulfonamides is 1. The van der Waals surface area contributed by atoms with Gasteiger partial charge < -0.3 is 5.32 Å². The van der Waals surface area contributed by atoms with E-state index >= 15 is 0 Å². The van der Waals surface area contributed by atoms with Crippen LogP contribution in [0.1, 0.15) is 24.2 Å². The van der Waals surface area contributed by atoms with Gasteiger partial charge in [-0.3, -0.25) is 4.79 Å². The van der Waals surface area contributed by atoms with Crippen molar-refractivity contribution in [1.29, 1.82) is 0 Å². The number of nitrogens with two attached hydrogens (primary N) is 1. The molecule has 0 fully saturated rings. The number of nitrogens with one attached hydrogen (secondary N) is 1. The van der Waals surface area contributed by atoms with Crippen LogP contribution in [0, 0.1) is 18.2 Å².